The minimum absolute atomic E-state index is 0.178. The summed E-state index contributed by atoms with van der Waals surface area (Å²) in [6.07, 6.45) is 5.00. The Hall–Kier alpha value is -3.21. The molecule has 23 heavy (non-hydrogen) atoms. The van der Waals surface area contributed by atoms with E-state index in [9.17, 15) is 9.18 Å². The maximum absolute atomic E-state index is 13.2. The zero-order valence-electron chi connectivity index (χ0n) is 11.9. The molecular formula is C18H11FN2O2. The van der Waals surface area contributed by atoms with Crippen LogP contribution in [0.25, 0.3) is 33.4 Å². The van der Waals surface area contributed by atoms with Gasteiger partial charge in [-0.3, -0.25) is 9.78 Å². The Labute approximate surface area is 130 Å². The van der Waals surface area contributed by atoms with Gasteiger partial charge in [-0.05, 0) is 36.4 Å². The fourth-order valence-corrected chi connectivity index (χ4v) is 2.60. The van der Waals surface area contributed by atoms with Crippen molar-refractivity contribution in [1.82, 2.24) is 9.97 Å². The van der Waals surface area contributed by atoms with Crippen LogP contribution in [0.2, 0.25) is 0 Å². The largest absolute Gasteiger partial charge is 0.455 e. The predicted molar refractivity (Wildman–Crippen MR) is 85.5 cm³/mol. The van der Waals surface area contributed by atoms with Crippen LogP contribution in [-0.4, -0.2) is 9.97 Å². The van der Waals surface area contributed by atoms with E-state index in [0.29, 0.717) is 11.3 Å². The number of aromatic nitrogens is 2. The highest BCUT2D eigenvalue weighted by Gasteiger charge is 2.17. The van der Waals surface area contributed by atoms with E-state index in [1.807, 2.05) is 0 Å². The van der Waals surface area contributed by atoms with Crippen LogP contribution < -0.4 is 5.56 Å². The number of furan rings is 1. The smallest absolute Gasteiger partial charge is 0.247 e. The summed E-state index contributed by atoms with van der Waals surface area (Å²) in [4.78, 5) is 18.1. The first-order chi connectivity index (χ1) is 11.2. The molecule has 0 unspecified atom stereocenters. The van der Waals surface area contributed by atoms with Gasteiger partial charge >= 0.3 is 0 Å². The highest BCUT2D eigenvalue weighted by molar-refractivity contribution is 6.01. The van der Waals surface area contributed by atoms with Gasteiger partial charge in [0.1, 0.15) is 17.2 Å². The average molecular weight is 306 g/mol. The lowest BCUT2D eigenvalue weighted by atomic mass is 10.0. The second kappa shape index (κ2) is 5.21. The minimum Gasteiger partial charge on any atom is -0.455 e. The van der Waals surface area contributed by atoms with Crippen molar-refractivity contribution in [1.29, 1.82) is 0 Å². The van der Waals surface area contributed by atoms with Crippen LogP contribution in [0.15, 0.2) is 70.3 Å². The quantitative estimate of drug-likeness (QED) is 0.609. The molecule has 0 aliphatic heterocycles. The molecule has 0 atom stereocenters. The van der Waals surface area contributed by atoms with Crippen molar-refractivity contribution in [3.63, 3.8) is 0 Å². The summed E-state index contributed by atoms with van der Waals surface area (Å²) in [6.45, 7) is 0. The summed E-state index contributed by atoms with van der Waals surface area (Å²) < 4.78 is 19.1. The summed E-state index contributed by atoms with van der Waals surface area (Å²) in [5.74, 6) is 0.303. The van der Waals surface area contributed by atoms with Crippen molar-refractivity contribution in [3.05, 3.63) is 77.2 Å². The van der Waals surface area contributed by atoms with Gasteiger partial charge < -0.3 is 9.40 Å². The number of benzene rings is 1. The van der Waals surface area contributed by atoms with E-state index in [4.69, 9.17) is 4.42 Å². The highest BCUT2D eigenvalue weighted by atomic mass is 19.1. The van der Waals surface area contributed by atoms with Gasteiger partial charge in [-0.1, -0.05) is 0 Å². The van der Waals surface area contributed by atoms with Crippen LogP contribution in [0.5, 0.6) is 0 Å². The van der Waals surface area contributed by atoms with Gasteiger partial charge in [-0.15, -0.1) is 0 Å². The molecule has 4 aromatic rings. The van der Waals surface area contributed by atoms with Crippen LogP contribution in [0.3, 0.4) is 0 Å². The SMILES string of the molecule is O=c1ccc(-c2c(-c3ccc(F)cc3)oc3ccncc23)c[nH]1. The Balaban J connectivity index is 2.03. The van der Waals surface area contributed by atoms with Crippen LogP contribution in [0, 0.1) is 5.82 Å². The van der Waals surface area contributed by atoms with Crippen molar-refractivity contribution >= 4 is 11.0 Å². The minimum atomic E-state index is -0.308. The number of nitrogens with zero attached hydrogens (tertiary/aromatic N) is 1. The number of halogens is 1. The molecule has 112 valence electrons. The summed E-state index contributed by atoms with van der Waals surface area (Å²) in [7, 11) is 0. The molecule has 0 aliphatic carbocycles. The molecule has 1 N–H and O–H groups in total. The van der Waals surface area contributed by atoms with Gasteiger partial charge in [0, 0.05) is 46.7 Å². The van der Waals surface area contributed by atoms with Crippen molar-refractivity contribution in [3.8, 4) is 22.5 Å². The number of aromatic amines is 1. The second-order valence-electron chi connectivity index (χ2n) is 5.13. The number of nitrogens with one attached hydrogen (secondary N) is 1. The van der Waals surface area contributed by atoms with Gasteiger partial charge in [0.05, 0.1) is 0 Å². The molecule has 0 aliphatic rings. The van der Waals surface area contributed by atoms with Crippen LogP contribution in [0.4, 0.5) is 4.39 Å². The molecule has 0 spiro atoms. The van der Waals surface area contributed by atoms with Crippen LogP contribution >= 0.6 is 0 Å². The third-order valence-electron chi connectivity index (χ3n) is 3.67. The summed E-state index contributed by atoms with van der Waals surface area (Å²) >= 11 is 0. The number of pyridine rings is 2. The lowest BCUT2D eigenvalue weighted by molar-refractivity contribution is 0.623. The fourth-order valence-electron chi connectivity index (χ4n) is 2.60. The molecule has 4 rings (SSSR count). The lowest BCUT2D eigenvalue weighted by Crippen LogP contribution is -2.01. The zero-order valence-corrected chi connectivity index (χ0v) is 11.9. The van der Waals surface area contributed by atoms with Gasteiger partial charge in [-0.2, -0.15) is 0 Å². The Morgan fingerprint density at radius 3 is 2.52 bits per heavy atom. The first kappa shape index (κ1) is 13.5. The van der Waals surface area contributed by atoms with Gasteiger partial charge in [0.2, 0.25) is 5.56 Å². The average Bonchev–Trinajstić information content (AvgIpc) is 2.96. The zero-order chi connectivity index (χ0) is 15.8. The van der Waals surface area contributed by atoms with Gasteiger partial charge in [0.15, 0.2) is 0 Å². The maximum atomic E-state index is 13.2. The van der Waals surface area contributed by atoms with E-state index >= 15 is 0 Å². The normalized spacial score (nSPS) is 11.0. The number of hydrogen-bond acceptors (Lipinski definition) is 3. The van der Waals surface area contributed by atoms with Crippen LogP contribution in [-0.2, 0) is 0 Å². The number of hydrogen-bond donors (Lipinski definition) is 1. The first-order valence-corrected chi connectivity index (χ1v) is 7.04. The van der Waals surface area contributed by atoms with E-state index in [1.54, 1.807) is 42.9 Å². The third-order valence-corrected chi connectivity index (χ3v) is 3.67. The Kier molecular flexibility index (Phi) is 3.05. The van der Waals surface area contributed by atoms with Crippen molar-refractivity contribution in [2.24, 2.45) is 0 Å². The molecule has 0 saturated heterocycles. The van der Waals surface area contributed by atoms with E-state index in [0.717, 1.165) is 22.1 Å². The van der Waals surface area contributed by atoms with Gasteiger partial charge in [0.25, 0.3) is 0 Å². The molecule has 0 bridgehead atoms. The third kappa shape index (κ3) is 2.32. The monoisotopic (exact) mass is 306 g/mol. The Bertz CT molecular complexity index is 1030. The number of rotatable bonds is 2. The summed E-state index contributed by atoms with van der Waals surface area (Å²) in [6, 6.07) is 11.1. The number of H-pyrrole nitrogens is 1. The molecule has 5 heteroatoms. The predicted octanol–water partition coefficient (Wildman–Crippen LogP) is 3.99. The molecule has 0 amide bonds. The van der Waals surface area contributed by atoms with Crippen molar-refractivity contribution < 1.29 is 8.81 Å². The van der Waals surface area contributed by atoms with Crippen molar-refractivity contribution in [2.45, 2.75) is 0 Å². The first-order valence-electron chi connectivity index (χ1n) is 7.04. The molecule has 4 nitrogen and oxygen atoms in total. The molecule has 0 radical (unpaired) electrons. The van der Waals surface area contributed by atoms with Gasteiger partial charge in [-0.25, -0.2) is 4.39 Å². The molecular weight excluding hydrogens is 295 g/mol. The Morgan fingerprint density at radius 2 is 1.78 bits per heavy atom. The topological polar surface area (TPSA) is 58.9 Å². The number of fused-ring (bicyclic) bond motifs is 1. The summed E-state index contributed by atoms with van der Waals surface area (Å²) in [5.41, 5.74) is 2.87. The fraction of sp³-hybridized carbons (Fsp3) is 0. The molecule has 0 saturated carbocycles. The highest BCUT2D eigenvalue weighted by Crippen LogP contribution is 2.39. The summed E-state index contributed by atoms with van der Waals surface area (Å²) in [5, 5.41) is 0.832. The van der Waals surface area contributed by atoms with Crippen LogP contribution in [0.1, 0.15) is 0 Å². The van der Waals surface area contributed by atoms with E-state index in [-0.39, 0.29) is 11.4 Å². The van der Waals surface area contributed by atoms with E-state index < -0.39 is 0 Å². The second-order valence-corrected chi connectivity index (χ2v) is 5.13. The Morgan fingerprint density at radius 1 is 1.00 bits per heavy atom. The lowest BCUT2D eigenvalue weighted by Gasteiger charge is -2.03. The molecule has 0 fully saturated rings. The molecule has 3 aromatic heterocycles. The van der Waals surface area contributed by atoms with Crippen molar-refractivity contribution in [2.75, 3.05) is 0 Å². The molecule has 1 aromatic carbocycles. The van der Waals surface area contributed by atoms with E-state index in [1.165, 1.54) is 18.2 Å². The standard InChI is InChI=1S/C18H11FN2O2/c19-13-4-1-11(2-5-13)18-17(12-3-6-16(22)21-9-12)14-10-20-8-7-15(14)23-18/h1-10H,(H,21,22). The van der Waals surface area contributed by atoms with E-state index in [2.05, 4.69) is 9.97 Å². The maximum Gasteiger partial charge on any atom is 0.247 e. The molecule has 3 heterocycles.